The molecule has 0 amide bonds. The average molecular weight is 141 g/mol. The first-order chi connectivity index (χ1) is 4.27. The van der Waals surface area contributed by atoms with Crippen molar-refractivity contribution in [1.82, 2.24) is 0 Å². The van der Waals surface area contributed by atoms with Gasteiger partial charge in [0.25, 0.3) is 0 Å². The van der Waals surface area contributed by atoms with Crippen LogP contribution in [0.1, 0.15) is 27.7 Å². The van der Waals surface area contributed by atoms with Gasteiger partial charge in [-0.3, -0.25) is 0 Å². The second-order valence-corrected chi connectivity index (χ2v) is 3.42. The van der Waals surface area contributed by atoms with E-state index >= 15 is 0 Å². The van der Waals surface area contributed by atoms with Crippen LogP contribution in [0, 0.1) is 0 Å². The van der Waals surface area contributed by atoms with E-state index < -0.39 is 0 Å². The van der Waals surface area contributed by atoms with Gasteiger partial charge in [-0.1, -0.05) is 24.8 Å². The largest absolute Gasteiger partial charge is 0.326 e. The monoisotopic (exact) mass is 141 g/mol. The molecule has 0 saturated carbocycles. The zero-order valence-electron chi connectivity index (χ0n) is 7.57. The highest BCUT2D eigenvalue weighted by molar-refractivity contribution is 5.05. The Balaban J connectivity index is 0. The van der Waals surface area contributed by atoms with Crippen LogP contribution in [0.15, 0.2) is 24.8 Å². The van der Waals surface area contributed by atoms with E-state index in [4.69, 9.17) is 5.73 Å². The number of rotatable bonds is 1. The maximum Gasteiger partial charge on any atom is 0.00686 e. The molecule has 10 heavy (non-hydrogen) atoms. The van der Waals surface area contributed by atoms with Crippen LogP contribution < -0.4 is 5.73 Å². The summed E-state index contributed by atoms with van der Waals surface area (Å²) >= 11 is 0. The third-order valence-electron chi connectivity index (χ3n) is 0.348. The molecule has 0 rings (SSSR count). The molecule has 0 aromatic rings. The molecule has 0 aliphatic rings. The molecule has 2 N–H and O–H groups in total. The zero-order chi connectivity index (χ0) is 8.78. The molecule has 0 saturated heterocycles. The molecule has 0 aliphatic carbocycles. The molecular weight excluding hydrogens is 122 g/mol. The van der Waals surface area contributed by atoms with Crippen molar-refractivity contribution in [3.05, 3.63) is 24.8 Å². The highest BCUT2D eigenvalue weighted by Gasteiger charge is 1.95. The highest BCUT2D eigenvalue weighted by Crippen LogP contribution is 1.88. The van der Waals surface area contributed by atoms with Crippen molar-refractivity contribution in [2.75, 3.05) is 0 Å². The minimum absolute atomic E-state index is 0. The summed E-state index contributed by atoms with van der Waals surface area (Å²) in [5, 5.41) is 0. The summed E-state index contributed by atoms with van der Waals surface area (Å²) in [5.41, 5.74) is 6.37. The molecule has 0 unspecified atom stereocenters. The third-order valence-corrected chi connectivity index (χ3v) is 0.348. The molecule has 0 radical (unpaired) electrons. The molecule has 0 fully saturated rings. The van der Waals surface area contributed by atoms with Crippen LogP contribution in [0.3, 0.4) is 0 Å². The number of nitrogens with two attached hydrogens (primary N) is 1. The van der Waals surface area contributed by atoms with Gasteiger partial charge in [-0.15, -0.1) is 0 Å². The second-order valence-electron chi connectivity index (χ2n) is 3.42. The first kappa shape index (κ1) is 12.1. The first-order valence-electron chi connectivity index (χ1n) is 3.34. The predicted octanol–water partition coefficient (Wildman–Crippen LogP) is 2.49. The zero-order valence-corrected chi connectivity index (χ0v) is 7.57. The summed E-state index contributed by atoms with van der Waals surface area (Å²) < 4.78 is 0. The molecule has 0 aromatic heterocycles. The van der Waals surface area contributed by atoms with Gasteiger partial charge in [-0.05, 0) is 27.7 Å². The Morgan fingerprint density at radius 2 is 1.50 bits per heavy atom. The lowest BCUT2D eigenvalue weighted by atomic mass is 10.1. The quantitative estimate of drug-likeness (QED) is 0.558. The maximum absolute atomic E-state index is 5.35. The minimum atomic E-state index is 0. The molecule has 1 nitrogen and oxygen atoms in total. The van der Waals surface area contributed by atoms with Crippen LogP contribution in [0.5, 0.6) is 0 Å². The Bertz CT molecular complexity index is 100. The van der Waals surface area contributed by atoms with Crippen molar-refractivity contribution in [2.45, 2.75) is 33.2 Å². The van der Waals surface area contributed by atoms with Gasteiger partial charge in [-0.25, -0.2) is 0 Å². The standard InChI is InChI=1S/C5H8.C4H11N/c1-4-5(2)3;1-4(2,3)5/h4H,1-2H2,3H3;5H2,1-3H3. The van der Waals surface area contributed by atoms with Gasteiger partial charge < -0.3 is 5.73 Å². The van der Waals surface area contributed by atoms with Gasteiger partial charge in [0, 0.05) is 5.54 Å². The summed E-state index contributed by atoms with van der Waals surface area (Å²) in [6, 6.07) is 0. The molecule has 0 heterocycles. The van der Waals surface area contributed by atoms with Crippen LogP contribution in [0.25, 0.3) is 0 Å². The fraction of sp³-hybridized carbons (Fsp3) is 0.556. The Hall–Kier alpha value is -0.560. The molecule has 0 spiro atoms. The summed E-state index contributed by atoms with van der Waals surface area (Å²) in [6.07, 6.45) is 1.72. The molecule has 0 bridgehead atoms. The summed E-state index contributed by atoms with van der Waals surface area (Å²) in [6.45, 7) is 14.8. The van der Waals surface area contributed by atoms with Crippen molar-refractivity contribution in [1.29, 1.82) is 0 Å². The van der Waals surface area contributed by atoms with Gasteiger partial charge in [-0.2, -0.15) is 0 Å². The van der Waals surface area contributed by atoms with Gasteiger partial charge in [0.15, 0.2) is 0 Å². The molecule has 0 aromatic carbocycles. The molecule has 1 heteroatoms. The van der Waals surface area contributed by atoms with Gasteiger partial charge >= 0.3 is 0 Å². The van der Waals surface area contributed by atoms with Gasteiger partial charge in [0.05, 0.1) is 0 Å². The van der Waals surface area contributed by atoms with Crippen LogP contribution >= 0.6 is 0 Å². The third kappa shape index (κ3) is 149. The van der Waals surface area contributed by atoms with Crippen molar-refractivity contribution in [2.24, 2.45) is 5.73 Å². The Morgan fingerprint density at radius 3 is 1.50 bits per heavy atom. The number of hydrogen-bond acceptors (Lipinski definition) is 1. The smallest absolute Gasteiger partial charge is 0.00686 e. The normalized spacial score (nSPS) is 9.30. The second kappa shape index (κ2) is 5.24. The topological polar surface area (TPSA) is 26.0 Å². The van der Waals surface area contributed by atoms with Crippen molar-refractivity contribution in [3.8, 4) is 0 Å². The van der Waals surface area contributed by atoms with E-state index in [1.54, 1.807) is 6.08 Å². The van der Waals surface area contributed by atoms with Crippen LogP contribution in [0.4, 0.5) is 0 Å². The molecule has 0 aliphatic heterocycles. The number of hydrogen-bond donors (Lipinski definition) is 1. The summed E-state index contributed by atoms with van der Waals surface area (Å²) in [5.74, 6) is 0. The van der Waals surface area contributed by atoms with Gasteiger partial charge in [0.2, 0.25) is 0 Å². The Morgan fingerprint density at radius 1 is 1.40 bits per heavy atom. The van der Waals surface area contributed by atoms with Crippen LogP contribution in [-0.2, 0) is 0 Å². The molecule has 60 valence electrons. The molecule has 0 atom stereocenters. The van der Waals surface area contributed by atoms with E-state index in [2.05, 4.69) is 13.2 Å². The Labute approximate surface area is 64.6 Å². The lowest BCUT2D eigenvalue weighted by Crippen LogP contribution is -2.26. The van der Waals surface area contributed by atoms with E-state index in [9.17, 15) is 0 Å². The fourth-order valence-electron chi connectivity index (χ4n) is 0. The number of allylic oxidation sites excluding steroid dienone is 2. The lowest BCUT2D eigenvalue weighted by molar-refractivity contribution is 0.580. The van der Waals surface area contributed by atoms with Crippen LogP contribution in [-0.4, -0.2) is 5.54 Å². The van der Waals surface area contributed by atoms with E-state index in [1.165, 1.54) is 0 Å². The average Bonchev–Trinajstić information content (AvgIpc) is 1.61. The van der Waals surface area contributed by atoms with Crippen molar-refractivity contribution >= 4 is 0 Å². The Kier molecular flexibility index (Phi) is 6.37. The fourth-order valence-corrected chi connectivity index (χ4v) is 0. The first-order valence-corrected chi connectivity index (χ1v) is 3.34. The summed E-state index contributed by atoms with van der Waals surface area (Å²) in [7, 11) is 0. The van der Waals surface area contributed by atoms with E-state index in [-0.39, 0.29) is 5.54 Å². The maximum atomic E-state index is 5.35. The minimum Gasteiger partial charge on any atom is -0.326 e. The summed E-state index contributed by atoms with van der Waals surface area (Å²) in [4.78, 5) is 0. The van der Waals surface area contributed by atoms with Crippen molar-refractivity contribution in [3.63, 3.8) is 0 Å². The highest BCUT2D eigenvalue weighted by atomic mass is 14.7. The predicted molar refractivity (Wildman–Crippen MR) is 49.0 cm³/mol. The van der Waals surface area contributed by atoms with E-state index in [0.29, 0.717) is 0 Å². The van der Waals surface area contributed by atoms with Crippen molar-refractivity contribution < 1.29 is 0 Å². The van der Waals surface area contributed by atoms with Gasteiger partial charge in [0.1, 0.15) is 0 Å². The van der Waals surface area contributed by atoms with E-state index in [0.717, 1.165) is 5.57 Å². The van der Waals surface area contributed by atoms with E-state index in [1.807, 2.05) is 27.7 Å². The van der Waals surface area contributed by atoms with Crippen LogP contribution in [0.2, 0.25) is 0 Å². The SMILES string of the molecule is C=CC(=C)C.CC(C)(C)N. The molecular formula is C9H19N. The lowest BCUT2D eigenvalue weighted by Gasteiger charge is -2.06.